The number of thioether (sulfide) groups is 1. The van der Waals surface area contributed by atoms with Gasteiger partial charge in [0.05, 0.1) is 17.9 Å². The normalized spacial score (nSPS) is 32.9. The maximum absolute atomic E-state index is 13.4. The van der Waals surface area contributed by atoms with Crippen molar-refractivity contribution in [3.63, 3.8) is 0 Å². The van der Waals surface area contributed by atoms with E-state index in [0.29, 0.717) is 0 Å². The molecule has 0 bridgehead atoms. The minimum absolute atomic E-state index is 0.189. The highest BCUT2D eigenvalue weighted by atomic mass is 32.2. The van der Waals surface area contributed by atoms with Crippen LogP contribution >= 0.6 is 11.8 Å². The number of halogens is 3. The summed E-state index contributed by atoms with van der Waals surface area (Å²) in [6, 6.07) is 0. The molecule has 2 fully saturated rings. The number of carbonyl (C=O) groups excluding carboxylic acids is 2. The molecule has 2 aliphatic rings. The Labute approximate surface area is 124 Å². The third-order valence-electron chi connectivity index (χ3n) is 4.55. The minimum atomic E-state index is -4.92. The van der Waals surface area contributed by atoms with Gasteiger partial charge >= 0.3 is 12.1 Å². The van der Waals surface area contributed by atoms with Crippen molar-refractivity contribution in [3.8, 4) is 0 Å². The van der Waals surface area contributed by atoms with Crippen molar-refractivity contribution in [2.45, 2.75) is 44.4 Å². The first-order valence-electron chi connectivity index (χ1n) is 6.34. The zero-order chi connectivity index (χ0) is 16.5. The van der Waals surface area contributed by atoms with E-state index in [2.05, 4.69) is 4.74 Å². The lowest BCUT2D eigenvalue weighted by atomic mass is 9.51. The van der Waals surface area contributed by atoms with Gasteiger partial charge in [-0.3, -0.25) is 4.79 Å². The monoisotopic (exact) mass is 326 g/mol. The van der Waals surface area contributed by atoms with Gasteiger partial charge < -0.3 is 9.47 Å². The molecule has 0 aromatic heterocycles. The number of rotatable bonds is 1. The highest BCUT2D eigenvalue weighted by molar-refractivity contribution is 8.01. The second kappa shape index (κ2) is 4.16. The lowest BCUT2D eigenvalue weighted by Gasteiger charge is -2.62. The largest absolute Gasteiger partial charge is 0.467 e. The molecule has 0 aromatic rings. The molecule has 1 atom stereocenters. The zero-order valence-electron chi connectivity index (χ0n) is 12.4. The van der Waals surface area contributed by atoms with Crippen LogP contribution in [0.5, 0.6) is 0 Å². The van der Waals surface area contributed by atoms with E-state index in [1.807, 2.05) is 0 Å². The number of hydrogen-bond donors (Lipinski definition) is 0. The summed E-state index contributed by atoms with van der Waals surface area (Å²) in [5.41, 5.74) is -5.24. The van der Waals surface area contributed by atoms with Gasteiger partial charge in [0.25, 0.3) is 5.60 Å². The van der Waals surface area contributed by atoms with E-state index in [1.54, 1.807) is 0 Å². The molecule has 1 aliphatic heterocycles. The fourth-order valence-electron chi connectivity index (χ4n) is 3.44. The van der Waals surface area contributed by atoms with E-state index in [1.165, 1.54) is 27.7 Å². The third kappa shape index (κ3) is 1.63. The van der Waals surface area contributed by atoms with Gasteiger partial charge in [0.2, 0.25) is 0 Å². The Morgan fingerprint density at radius 2 is 1.71 bits per heavy atom. The average Bonchev–Trinajstić information content (AvgIpc) is 2.80. The van der Waals surface area contributed by atoms with Crippen molar-refractivity contribution in [2.75, 3.05) is 12.9 Å². The van der Waals surface area contributed by atoms with Crippen LogP contribution in [0.1, 0.15) is 27.7 Å². The van der Waals surface area contributed by atoms with Gasteiger partial charge in [-0.25, -0.2) is 4.79 Å². The molecule has 4 nitrogen and oxygen atoms in total. The molecule has 2 rings (SSSR count). The van der Waals surface area contributed by atoms with Gasteiger partial charge in [0.1, 0.15) is 4.93 Å². The topological polar surface area (TPSA) is 52.6 Å². The highest BCUT2D eigenvalue weighted by Crippen LogP contribution is 2.71. The van der Waals surface area contributed by atoms with E-state index in [4.69, 9.17) is 4.74 Å². The molecule has 1 spiro atoms. The number of hydrogen-bond acceptors (Lipinski definition) is 5. The molecule has 120 valence electrons. The maximum Gasteiger partial charge on any atom is 0.429 e. The summed E-state index contributed by atoms with van der Waals surface area (Å²) in [7, 11) is 0.886. The van der Waals surface area contributed by atoms with Gasteiger partial charge in [-0.15, -0.1) is 11.8 Å². The van der Waals surface area contributed by atoms with Crippen LogP contribution in [0, 0.1) is 10.8 Å². The number of ketones is 1. The fraction of sp³-hybridized carbons (Fsp3) is 0.846. The van der Waals surface area contributed by atoms with Crippen LogP contribution in [-0.2, 0) is 19.1 Å². The number of carbonyl (C=O) groups is 2. The van der Waals surface area contributed by atoms with Crippen molar-refractivity contribution in [1.82, 2.24) is 0 Å². The predicted octanol–water partition coefficient (Wildman–Crippen LogP) is 2.56. The van der Waals surface area contributed by atoms with Crippen molar-refractivity contribution in [1.29, 1.82) is 0 Å². The highest BCUT2D eigenvalue weighted by Gasteiger charge is 2.82. The predicted molar refractivity (Wildman–Crippen MR) is 69.6 cm³/mol. The summed E-state index contributed by atoms with van der Waals surface area (Å²) >= 11 is 0.863. The molecular weight excluding hydrogens is 309 g/mol. The van der Waals surface area contributed by atoms with Crippen LogP contribution in [0.25, 0.3) is 0 Å². The first-order chi connectivity index (χ1) is 9.30. The Kier molecular flexibility index (Phi) is 3.29. The summed E-state index contributed by atoms with van der Waals surface area (Å²) in [6.07, 6.45) is -4.92. The molecule has 0 aromatic carbocycles. The molecule has 8 heteroatoms. The van der Waals surface area contributed by atoms with E-state index in [0.717, 1.165) is 18.9 Å². The number of Topliss-reactive ketones (excluding diaryl/α,β-unsaturated/α-hetero) is 1. The Bertz CT molecular complexity index is 494. The second-order valence-electron chi connectivity index (χ2n) is 6.40. The van der Waals surface area contributed by atoms with Gasteiger partial charge in [-0.2, -0.15) is 13.2 Å². The summed E-state index contributed by atoms with van der Waals surface area (Å²) in [5.74, 6) is -2.29. The zero-order valence-corrected chi connectivity index (χ0v) is 13.2. The fourth-order valence-corrected chi connectivity index (χ4v) is 5.30. The first kappa shape index (κ1) is 16.6. The number of ether oxygens (including phenoxy) is 2. The molecule has 1 saturated carbocycles. The molecular formula is C13H17F3O4S. The minimum Gasteiger partial charge on any atom is -0.467 e. The van der Waals surface area contributed by atoms with Crippen LogP contribution < -0.4 is 0 Å². The number of methoxy groups -OCH3 is 1. The molecule has 1 saturated heterocycles. The quantitative estimate of drug-likeness (QED) is 0.693. The SMILES string of the molecule is COC(=O)[C@@]1(C(F)(F)F)CSC2(O1)C(C)(C)C(=O)C2(C)C. The maximum atomic E-state index is 13.4. The summed E-state index contributed by atoms with van der Waals surface area (Å²) in [5, 5.41) is 0. The lowest BCUT2D eigenvalue weighted by Crippen LogP contribution is -2.74. The molecule has 0 N–H and O–H groups in total. The average molecular weight is 326 g/mol. The van der Waals surface area contributed by atoms with Gasteiger partial charge in [-0.05, 0) is 27.7 Å². The van der Waals surface area contributed by atoms with Crippen molar-refractivity contribution < 1.29 is 32.2 Å². The second-order valence-corrected chi connectivity index (χ2v) is 7.56. The molecule has 1 aliphatic carbocycles. The van der Waals surface area contributed by atoms with E-state index < -0.39 is 39.3 Å². The number of esters is 1. The van der Waals surface area contributed by atoms with E-state index in [-0.39, 0.29) is 5.78 Å². The third-order valence-corrected chi connectivity index (χ3v) is 6.61. The molecule has 21 heavy (non-hydrogen) atoms. The Balaban J connectivity index is 2.52. The van der Waals surface area contributed by atoms with Crippen LogP contribution in [0.4, 0.5) is 13.2 Å². The Morgan fingerprint density at radius 3 is 2.10 bits per heavy atom. The molecule has 0 unspecified atom stereocenters. The summed E-state index contributed by atoms with van der Waals surface area (Å²) in [6.45, 7) is 6.16. The van der Waals surface area contributed by atoms with Crippen molar-refractivity contribution >= 4 is 23.5 Å². The first-order valence-corrected chi connectivity index (χ1v) is 7.33. The molecule has 1 heterocycles. The standard InChI is InChI=1S/C13H17F3O4S/c1-9(2)7(17)10(3,4)12(9)20-11(6-21-12,8(18)19-5)13(14,15)16/h6H2,1-5H3/t11-/m1/s1. The Hall–Kier alpha value is -0.760. The van der Waals surface area contributed by atoms with Crippen LogP contribution in [0.15, 0.2) is 0 Å². The van der Waals surface area contributed by atoms with Crippen molar-refractivity contribution in [2.24, 2.45) is 10.8 Å². The van der Waals surface area contributed by atoms with E-state index >= 15 is 0 Å². The summed E-state index contributed by atoms with van der Waals surface area (Å²) in [4.78, 5) is 22.5. The lowest BCUT2D eigenvalue weighted by molar-refractivity contribution is -0.308. The van der Waals surface area contributed by atoms with Gasteiger partial charge in [0, 0.05) is 5.75 Å². The molecule has 0 amide bonds. The molecule has 0 radical (unpaired) electrons. The van der Waals surface area contributed by atoms with Gasteiger partial charge in [0.15, 0.2) is 5.78 Å². The smallest absolute Gasteiger partial charge is 0.429 e. The van der Waals surface area contributed by atoms with Crippen LogP contribution in [-0.4, -0.2) is 41.3 Å². The van der Waals surface area contributed by atoms with Crippen LogP contribution in [0.3, 0.4) is 0 Å². The van der Waals surface area contributed by atoms with Crippen LogP contribution in [0.2, 0.25) is 0 Å². The van der Waals surface area contributed by atoms with E-state index in [9.17, 15) is 22.8 Å². The van der Waals surface area contributed by atoms with Crippen molar-refractivity contribution in [3.05, 3.63) is 0 Å². The Morgan fingerprint density at radius 1 is 1.24 bits per heavy atom. The number of alkyl halides is 3. The van der Waals surface area contributed by atoms with Gasteiger partial charge in [-0.1, -0.05) is 0 Å². The summed E-state index contributed by atoms with van der Waals surface area (Å²) < 4.78 is 49.9.